The summed E-state index contributed by atoms with van der Waals surface area (Å²) in [6.07, 6.45) is 1.66. The molecular formula is C28H28FNO6. The zero-order chi connectivity index (χ0) is 26.1. The highest BCUT2D eigenvalue weighted by Gasteiger charge is 2.16. The van der Waals surface area contributed by atoms with Crippen molar-refractivity contribution < 1.29 is 32.9 Å². The van der Waals surface area contributed by atoms with Gasteiger partial charge < -0.3 is 24.3 Å². The molecule has 8 heteroatoms. The third kappa shape index (κ3) is 6.41. The minimum Gasteiger partial charge on any atom is -0.493 e. The minimum absolute atomic E-state index is 0.218. The van der Waals surface area contributed by atoms with Crippen LogP contribution in [0.15, 0.2) is 60.7 Å². The van der Waals surface area contributed by atoms with Crippen molar-refractivity contribution in [2.24, 2.45) is 0 Å². The topological polar surface area (TPSA) is 83.1 Å². The molecule has 0 saturated carbocycles. The van der Waals surface area contributed by atoms with Gasteiger partial charge in [0.25, 0.3) is 5.91 Å². The van der Waals surface area contributed by atoms with Gasteiger partial charge in [-0.1, -0.05) is 24.3 Å². The Balaban J connectivity index is 1.90. The first-order valence-corrected chi connectivity index (χ1v) is 11.2. The maximum atomic E-state index is 13.6. The number of carbonyl (C=O) groups is 2. The van der Waals surface area contributed by atoms with Gasteiger partial charge in [-0.3, -0.25) is 4.79 Å². The SMILES string of the molecule is CCOC(=O)c1ccc(CNC(=O)/C(=C/c2cc(OC)c(OC)c(OC)c2)c2ccc(F)cc2)cc1. The van der Waals surface area contributed by atoms with Crippen molar-refractivity contribution in [3.8, 4) is 17.2 Å². The van der Waals surface area contributed by atoms with Crippen molar-refractivity contribution in [2.45, 2.75) is 13.5 Å². The van der Waals surface area contributed by atoms with Crippen LogP contribution in [0.25, 0.3) is 11.6 Å². The van der Waals surface area contributed by atoms with Gasteiger partial charge in [0.05, 0.1) is 33.5 Å². The lowest BCUT2D eigenvalue weighted by molar-refractivity contribution is -0.115. The van der Waals surface area contributed by atoms with E-state index in [1.165, 1.54) is 45.6 Å². The summed E-state index contributed by atoms with van der Waals surface area (Å²) in [6.45, 7) is 2.25. The quantitative estimate of drug-likeness (QED) is 0.246. The van der Waals surface area contributed by atoms with Crippen LogP contribution in [0.2, 0.25) is 0 Å². The molecule has 0 spiro atoms. The Labute approximate surface area is 209 Å². The third-order valence-electron chi connectivity index (χ3n) is 5.32. The predicted molar refractivity (Wildman–Crippen MR) is 135 cm³/mol. The number of carbonyl (C=O) groups excluding carboxylic acids is 2. The Morgan fingerprint density at radius 3 is 1.97 bits per heavy atom. The number of benzene rings is 3. The molecule has 3 rings (SSSR count). The molecule has 0 heterocycles. The Bertz CT molecular complexity index is 1210. The molecule has 1 N–H and O–H groups in total. The molecule has 0 fully saturated rings. The summed E-state index contributed by atoms with van der Waals surface area (Å²) in [5.41, 5.74) is 2.69. The zero-order valence-electron chi connectivity index (χ0n) is 20.6. The number of esters is 1. The van der Waals surface area contributed by atoms with Crippen LogP contribution >= 0.6 is 0 Å². The lowest BCUT2D eigenvalue weighted by Crippen LogP contribution is -2.24. The summed E-state index contributed by atoms with van der Waals surface area (Å²) < 4.78 is 34.7. The van der Waals surface area contributed by atoms with Crippen LogP contribution < -0.4 is 19.5 Å². The van der Waals surface area contributed by atoms with Gasteiger partial charge in [0.15, 0.2) is 11.5 Å². The predicted octanol–water partition coefficient (Wildman–Crippen LogP) is 4.89. The largest absolute Gasteiger partial charge is 0.493 e. The van der Waals surface area contributed by atoms with Gasteiger partial charge in [0.2, 0.25) is 5.75 Å². The Kier molecular flexibility index (Phi) is 9.05. The first kappa shape index (κ1) is 26.3. The van der Waals surface area contributed by atoms with Crippen LogP contribution in [0.1, 0.15) is 34.0 Å². The Morgan fingerprint density at radius 2 is 1.44 bits per heavy atom. The van der Waals surface area contributed by atoms with Crippen LogP contribution in [0.3, 0.4) is 0 Å². The van der Waals surface area contributed by atoms with E-state index in [9.17, 15) is 14.0 Å². The number of ether oxygens (including phenoxy) is 4. The summed E-state index contributed by atoms with van der Waals surface area (Å²) in [5, 5.41) is 2.88. The van der Waals surface area contributed by atoms with E-state index in [1.54, 1.807) is 49.4 Å². The number of methoxy groups -OCH3 is 3. The van der Waals surface area contributed by atoms with Gasteiger partial charge in [-0.05, 0) is 66.1 Å². The average molecular weight is 494 g/mol. The van der Waals surface area contributed by atoms with Crippen molar-refractivity contribution in [1.29, 1.82) is 0 Å². The molecule has 3 aromatic carbocycles. The second-order valence-corrected chi connectivity index (χ2v) is 7.62. The fraction of sp³-hybridized carbons (Fsp3) is 0.214. The maximum Gasteiger partial charge on any atom is 0.338 e. The fourth-order valence-electron chi connectivity index (χ4n) is 3.51. The van der Waals surface area contributed by atoms with Crippen molar-refractivity contribution in [3.63, 3.8) is 0 Å². The van der Waals surface area contributed by atoms with E-state index in [1.807, 2.05) is 0 Å². The molecule has 188 valence electrons. The molecule has 0 saturated heterocycles. The highest BCUT2D eigenvalue weighted by Crippen LogP contribution is 2.39. The number of halogens is 1. The summed E-state index contributed by atoms with van der Waals surface area (Å²) in [5.74, 6) is 0.112. The molecule has 0 atom stereocenters. The maximum absolute atomic E-state index is 13.6. The van der Waals surface area contributed by atoms with Crippen LogP contribution in [0, 0.1) is 5.82 Å². The Hall–Kier alpha value is -4.33. The van der Waals surface area contributed by atoms with E-state index in [0.717, 1.165) is 5.56 Å². The molecular weight excluding hydrogens is 465 g/mol. The van der Waals surface area contributed by atoms with E-state index in [0.29, 0.717) is 46.1 Å². The van der Waals surface area contributed by atoms with E-state index in [4.69, 9.17) is 18.9 Å². The number of rotatable bonds is 10. The minimum atomic E-state index is -0.409. The molecule has 0 radical (unpaired) electrons. The average Bonchev–Trinajstić information content (AvgIpc) is 2.90. The first-order chi connectivity index (χ1) is 17.4. The number of amides is 1. The van der Waals surface area contributed by atoms with E-state index in [-0.39, 0.29) is 12.5 Å². The van der Waals surface area contributed by atoms with Gasteiger partial charge in [0.1, 0.15) is 5.82 Å². The van der Waals surface area contributed by atoms with Gasteiger partial charge in [-0.2, -0.15) is 0 Å². The standard InChI is InChI=1S/C28H28FNO6/c1-5-36-28(32)21-8-6-18(7-9-21)17-30-27(31)23(20-10-12-22(29)13-11-20)14-19-15-24(33-2)26(35-4)25(16-19)34-3/h6-16H,5,17H2,1-4H3,(H,30,31)/b23-14+. The van der Waals surface area contributed by atoms with Crippen molar-refractivity contribution in [3.05, 3.63) is 88.7 Å². The van der Waals surface area contributed by atoms with Crippen molar-refractivity contribution in [1.82, 2.24) is 5.32 Å². The summed E-state index contributed by atoms with van der Waals surface area (Å²) in [6, 6.07) is 15.9. The van der Waals surface area contributed by atoms with Crippen LogP contribution in [0.5, 0.6) is 17.2 Å². The van der Waals surface area contributed by atoms with Crippen LogP contribution in [-0.2, 0) is 16.1 Å². The second kappa shape index (κ2) is 12.4. The molecule has 0 aliphatic heterocycles. The zero-order valence-corrected chi connectivity index (χ0v) is 20.6. The van der Waals surface area contributed by atoms with E-state index >= 15 is 0 Å². The van der Waals surface area contributed by atoms with Crippen LogP contribution in [-0.4, -0.2) is 39.8 Å². The number of hydrogen-bond acceptors (Lipinski definition) is 6. The van der Waals surface area contributed by atoms with Gasteiger partial charge in [-0.25, -0.2) is 9.18 Å². The third-order valence-corrected chi connectivity index (χ3v) is 5.32. The molecule has 0 unspecified atom stereocenters. The fourth-order valence-corrected chi connectivity index (χ4v) is 3.51. The summed E-state index contributed by atoms with van der Waals surface area (Å²) >= 11 is 0. The number of hydrogen-bond donors (Lipinski definition) is 1. The number of nitrogens with one attached hydrogen (secondary N) is 1. The lowest BCUT2D eigenvalue weighted by Gasteiger charge is -2.14. The molecule has 7 nitrogen and oxygen atoms in total. The van der Waals surface area contributed by atoms with Gasteiger partial charge >= 0.3 is 5.97 Å². The highest BCUT2D eigenvalue weighted by atomic mass is 19.1. The smallest absolute Gasteiger partial charge is 0.338 e. The van der Waals surface area contributed by atoms with Crippen molar-refractivity contribution >= 4 is 23.5 Å². The summed E-state index contributed by atoms with van der Waals surface area (Å²) in [7, 11) is 4.52. The molecule has 0 aliphatic rings. The lowest BCUT2D eigenvalue weighted by atomic mass is 10.0. The molecule has 0 bridgehead atoms. The highest BCUT2D eigenvalue weighted by molar-refractivity contribution is 6.24. The van der Waals surface area contributed by atoms with E-state index < -0.39 is 11.8 Å². The molecule has 3 aromatic rings. The van der Waals surface area contributed by atoms with Gasteiger partial charge in [-0.15, -0.1) is 0 Å². The molecule has 1 amide bonds. The molecule has 0 aromatic heterocycles. The monoisotopic (exact) mass is 493 g/mol. The van der Waals surface area contributed by atoms with Crippen molar-refractivity contribution in [2.75, 3.05) is 27.9 Å². The summed E-state index contributed by atoms with van der Waals surface area (Å²) in [4.78, 5) is 25.1. The molecule has 36 heavy (non-hydrogen) atoms. The van der Waals surface area contributed by atoms with Crippen LogP contribution in [0.4, 0.5) is 4.39 Å². The van der Waals surface area contributed by atoms with E-state index in [2.05, 4.69) is 5.32 Å². The van der Waals surface area contributed by atoms with Gasteiger partial charge in [0, 0.05) is 12.1 Å². The Morgan fingerprint density at radius 1 is 0.861 bits per heavy atom. The first-order valence-electron chi connectivity index (χ1n) is 11.2. The normalized spacial score (nSPS) is 11.0. The second-order valence-electron chi connectivity index (χ2n) is 7.62. The molecule has 0 aliphatic carbocycles.